The lowest BCUT2D eigenvalue weighted by molar-refractivity contribution is 0.0335. The highest BCUT2D eigenvalue weighted by atomic mass is 16.5. The summed E-state index contributed by atoms with van der Waals surface area (Å²) >= 11 is 0. The van der Waals surface area contributed by atoms with Gasteiger partial charge < -0.3 is 19.9 Å². The van der Waals surface area contributed by atoms with Crippen molar-refractivity contribution < 1.29 is 9.53 Å². The molecule has 5 heteroatoms. The zero-order chi connectivity index (χ0) is 15.3. The number of carbonyl (C=O) groups excluding carboxylic acids is 1. The van der Waals surface area contributed by atoms with Crippen molar-refractivity contribution in [2.45, 2.75) is 82.1 Å². The van der Waals surface area contributed by atoms with Crippen molar-refractivity contribution in [1.29, 1.82) is 0 Å². The Labute approximate surface area is 133 Å². The molecule has 4 aliphatic rings. The van der Waals surface area contributed by atoms with Gasteiger partial charge in [0.25, 0.3) is 0 Å². The van der Waals surface area contributed by atoms with E-state index in [4.69, 9.17) is 4.74 Å². The summed E-state index contributed by atoms with van der Waals surface area (Å²) in [5.74, 6) is 0. The Hall–Kier alpha value is -0.810. The lowest BCUT2D eigenvalue weighted by Gasteiger charge is -2.45. The minimum atomic E-state index is 0.0553. The van der Waals surface area contributed by atoms with Gasteiger partial charge >= 0.3 is 6.03 Å². The molecular formula is C17H29N3O2. The molecule has 4 fully saturated rings. The molecule has 1 N–H and O–H groups in total. The average molecular weight is 307 g/mol. The summed E-state index contributed by atoms with van der Waals surface area (Å²) in [5.41, 5.74) is 0.0553. The molecule has 3 unspecified atom stereocenters. The Bertz CT molecular complexity index is 435. The van der Waals surface area contributed by atoms with Crippen LogP contribution in [-0.2, 0) is 4.74 Å². The van der Waals surface area contributed by atoms with Crippen LogP contribution in [0.15, 0.2) is 0 Å². The molecule has 5 nitrogen and oxygen atoms in total. The Morgan fingerprint density at radius 2 is 1.95 bits per heavy atom. The van der Waals surface area contributed by atoms with Gasteiger partial charge in [-0.05, 0) is 52.4 Å². The number of rotatable bonds is 2. The number of carbonyl (C=O) groups is 1. The molecule has 4 heterocycles. The third-order valence-corrected chi connectivity index (χ3v) is 6.11. The van der Waals surface area contributed by atoms with Crippen LogP contribution in [0.25, 0.3) is 0 Å². The van der Waals surface area contributed by atoms with Gasteiger partial charge in [0.15, 0.2) is 0 Å². The van der Waals surface area contributed by atoms with Crippen LogP contribution in [0.2, 0.25) is 0 Å². The lowest BCUT2D eigenvalue weighted by Crippen LogP contribution is -2.59. The molecule has 124 valence electrons. The van der Waals surface area contributed by atoms with Crippen LogP contribution >= 0.6 is 0 Å². The van der Waals surface area contributed by atoms with E-state index >= 15 is 0 Å². The zero-order valence-corrected chi connectivity index (χ0v) is 13.9. The first-order valence-electron chi connectivity index (χ1n) is 9.03. The second-order valence-electron chi connectivity index (χ2n) is 8.02. The number of amides is 2. The Kier molecular flexibility index (Phi) is 3.61. The van der Waals surface area contributed by atoms with Gasteiger partial charge in [0.05, 0.1) is 18.2 Å². The van der Waals surface area contributed by atoms with Gasteiger partial charge in [-0.15, -0.1) is 0 Å². The minimum absolute atomic E-state index is 0.0553. The normalized spacial score (nSPS) is 42.0. The van der Waals surface area contributed by atoms with Gasteiger partial charge in [0.2, 0.25) is 0 Å². The molecule has 0 aromatic rings. The summed E-state index contributed by atoms with van der Waals surface area (Å²) < 4.78 is 5.64. The number of fused-ring (bicyclic) bond motifs is 2. The molecule has 22 heavy (non-hydrogen) atoms. The van der Waals surface area contributed by atoms with E-state index in [0.29, 0.717) is 12.1 Å². The summed E-state index contributed by atoms with van der Waals surface area (Å²) in [6.45, 7) is 6.83. The Balaban J connectivity index is 1.61. The third-order valence-electron chi connectivity index (χ3n) is 6.11. The highest BCUT2D eigenvalue weighted by Gasteiger charge is 2.56. The van der Waals surface area contributed by atoms with Gasteiger partial charge in [-0.2, -0.15) is 0 Å². The smallest absolute Gasteiger partial charge is 0.321 e. The summed E-state index contributed by atoms with van der Waals surface area (Å²) in [7, 11) is 0. The molecule has 0 aromatic carbocycles. The number of urea groups is 1. The van der Waals surface area contributed by atoms with Crippen LogP contribution in [0.3, 0.4) is 0 Å². The van der Waals surface area contributed by atoms with Crippen molar-refractivity contribution in [1.82, 2.24) is 15.1 Å². The quantitative estimate of drug-likeness (QED) is 0.848. The molecule has 3 atom stereocenters. The van der Waals surface area contributed by atoms with Gasteiger partial charge in [-0.1, -0.05) is 0 Å². The first-order chi connectivity index (χ1) is 10.6. The predicted octanol–water partition coefficient (Wildman–Crippen LogP) is 1.96. The van der Waals surface area contributed by atoms with Crippen molar-refractivity contribution >= 4 is 6.03 Å². The van der Waals surface area contributed by atoms with Gasteiger partial charge in [0, 0.05) is 31.3 Å². The van der Waals surface area contributed by atoms with E-state index in [1.807, 2.05) is 0 Å². The number of piperidine rings is 1. The number of ether oxygens (including phenoxy) is 1. The number of nitrogens with zero attached hydrogens (tertiary/aromatic N) is 2. The van der Waals surface area contributed by atoms with E-state index in [0.717, 1.165) is 45.4 Å². The molecule has 4 rings (SSSR count). The first kappa shape index (κ1) is 14.8. The third kappa shape index (κ3) is 2.24. The molecule has 1 spiro atoms. The van der Waals surface area contributed by atoms with Gasteiger partial charge in [-0.25, -0.2) is 4.79 Å². The second-order valence-corrected chi connectivity index (χ2v) is 8.02. The average Bonchev–Trinajstić information content (AvgIpc) is 2.97. The van der Waals surface area contributed by atoms with Crippen molar-refractivity contribution in [3.8, 4) is 0 Å². The molecule has 4 aliphatic heterocycles. The summed E-state index contributed by atoms with van der Waals surface area (Å²) in [5, 5.41) is 3.73. The van der Waals surface area contributed by atoms with E-state index in [1.54, 1.807) is 0 Å². The van der Waals surface area contributed by atoms with Crippen LogP contribution in [0, 0.1) is 0 Å². The highest BCUT2D eigenvalue weighted by molar-refractivity contribution is 5.79. The molecule has 0 saturated carbocycles. The van der Waals surface area contributed by atoms with Crippen molar-refractivity contribution in [2.24, 2.45) is 0 Å². The van der Waals surface area contributed by atoms with Crippen LogP contribution < -0.4 is 5.32 Å². The standard InChI is InChI=1S/C17H29N3O2/c1-12(2)20-16(21)19(15-4-3-7-22-10-15)11-17(20)8-13-5-6-14(9-17)18-13/h12-15,18H,3-11H2,1-2H3. The molecule has 4 saturated heterocycles. The summed E-state index contributed by atoms with van der Waals surface area (Å²) in [6.07, 6.45) is 6.97. The zero-order valence-electron chi connectivity index (χ0n) is 13.9. The van der Waals surface area contributed by atoms with E-state index in [2.05, 4.69) is 29.0 Å². The van der Waals surface area contributed by atoms with Crippen molar-refractivity contribution in [3.63, 3.8) is 0 Å². The largest absolute Gasteiger partial charge is 0.379 e. The van der Waals surface area contributed by atoms with Gasteiger partial charge in [-0.3, -0.25) is 0 Å². The monoisotopic (exact) mass is 307 g/mol. The van der Waals surface area contributed by atoms with Crippen LogP contribution in [-0.4, -0.2) is 65.3 Å². The van der Waals surface area contributed by atoms with Gasteiger partial charge in [0.1, 0.15) is 0 Å². The maximum atomic E-state index is 13.1. The molecule has 0 aliphatic carbocycles. The molecule has 2 amide bonds. The van der Waals surface area contributed by atoms with Crippen LogP contribution in [0.4, 0.5) is 4.79 Å². The number of hydrogen-bond donors (Lipinski definition) is 1. The molecule has 0 aromatic heterocycles. The fourth-order valence-electron chi connectivity index (χ4n) is 5.38. The Morgan fingerprint density at radius 3 is 2.55 bits per heavy atom. The van der Waals surface area contributed by atoms with E-state index in [1.165, 1.54) is 12.8 Å². The lowest BCUT2D eigenvalue weighted by atomic mass is 9.82. The maximum absolute atomic E-state index is 13.1. The number of hydrogen-bond acceptors (Lipinski definition) is 3. The van der Waals surface area contributed by atoms with E-state index in [9.17, 15) is 4.79 Å². The highest BCUT2D eigenvalue weighted by Crippen LogP contribution is 2.44. The maximum Gasteiger partial charge on any atom is 0.321 e. The topological polar surface area (TPSA) is 44.8 Å². The summed E-state index contributed by atoms with van der Waals surface area (Å²) in [4.78, 5) is 17.5. The molecular weight excluding hydrogens is 278 g/mol. The van der Waals surface area contributed by atoms with Crippen LogP contribution in [0.1, 0.15) is 52.4 Å². The minimum Gasteiger partial charge on any atom is -0.379 e. The predicted molar refractivity (Wildman–Crippen MR) is 84.8 cm³/mol. The second kappa shape index (κ2) is 5.38. The SMILES string of the molecule is CC(C)N1C(=O)N(C2CCCOC2)CC12CC1CCC(C2)N1. The van der Waals surface area contributed by atoms with Crippen LogP contribution in [0.5, 0.6) is 0 Å². The molecule has 2 bridgehead atoms. The molecule has 0 radical (unpaired) electrons. The number of nitrogens with one attached hydrogen (secondary N) is 1. The fourth-order valence-corrected chi connectivity index (χ4v) is 5.38. The van der Waals surface area contributed by atoms with E-state index in [-0.39, 0.29) is 23.7 Å². The van der Waals surface area contributed by atoms with Crippen molar-refractivity contribution in [2.75, 3.05) is 19.8 Å². The fraction of sp³-hybridized carbons (Fsp3) is 0.941. The Morgan fingerprint density at radius 1 is 1.23 bits per heavy atom. The van der Waals surface area contributed by atoms with E-state index < -0.39 is 0 Å². The summed E-state index contributed by atoms with van der Waals surface area (Å²) in [6, 6.07) is 2.03. The van der Waals surface area contributed by atoms with Crippen molar-refractivity contribution in [3.05, 3.63) is 0 Å². The first-order valence-corrected chi connectivity index (χ1v) is 9.03.